The Hall–Kier alpha value is -1.59. The van der Waals surface area contributed by atoms with E-state index in [-0.39, 0.29) is 11.9 Å². The van der Waals surface area contributed by atoms with Crippen LogP contribution in [0.25, 0.3) is 0 Å². The van der Waals surface area contributed by atoms with E-state index in [0.29, 0.717) is 13.2 Å². The number of amides is 1. The molecule has 1 aromatic carbocycles. The van der Waals surface area contributed by atoms with E-state index in [1.54, 1.807) is 7.11 Å². The Morgan fingerprint density at radius 3 is 2.95 bits per heavy atom. The fraction of sp³-hybridized carbons (Fsp3) is 0.588. The van der Waals surface area contributed by atoms with E-state index in [0.717, 1.165) is 43.7 Å². The van der Waals surface area contributed by atoms with Crippen molar-refractivity contribution >= 4 is 5.91 Å². The van der Waals surface area contributed by atoms with Crippen LogP contribution in [0, 0.1) is 5.41 Å². The van der Waals surface area contributed by atoms with E-state index in [1.807, 2.05) is 18.2 Å². The van der Waals surface area contributed by atoms with Crippen LogP contribution in [-0.2, 0) is 16.0 Å². The maximum Gasteiger partial charge on any atom is 0.228 e. The average molecular weight is 304 g/mol. The second-order valence-corrected chi connectivity index (χ2v) is 6.26. The third kappa shape index (κ3) is 3.10. The summed E-state index contributed by atoms with van der Waals surface area (Å²) in [6.07, 6.45) is 2.46. The lowest BCUT2D eigenvalue weighted by atomic mass is 9.78. The molecular weight excluding hydrogens is 280 g/mol. The molecule has 1 unspecified atom stereocenters. The zero-order valence-corrected chi connectivity index (χ0v) is 13.1. The molecule has 0 aliphatic carbocycles. The Bertz CT molecular complexity index is 521. The maximum atomic E-state index is 12.8. The van der Waals surface area contributed by atoms with Crippen LogP contribution in [0.15, 0.2) is 24.3 Å². The minimum Gasteiger partial charge on any atom is -0.491 e. The van der Waals surface area contributed by atoms with Crippen LogP contribution in [0.4, 0.5) is 0 Å². The molecule has 1 fully saturated rings. The molecule has 5 nitrogen and oxygen atoms in total. The molecule has 0 spiro atoms. The molecule has 1 atom stereocenters. The summed E-state index contributed by atoms with van der Waals surface area (Å²) in [5.74, 6) is 1.03. The van der Waals surface area contributed by atoms with Gasteiger partial charge >= 0.3 is 0 Å². The Morgan fingerprint density at radius 1 is 1.41 bits per heavy atom. The van der Waals surface area contributed by atoms with Gasteiger partial charge in [-0.05, 0) is 44.0 Å². The third-order valence-electron chi connectivity index (χ3n) is 4.68. The van der Waals surface area contributed by atoms with Crippen molar-refractivity contribution in [1.82, 2.24) is 10.6 Å². The smallest absolute Gasteiger partial charge is 0.228 e. The fourth-order valence-corrected chi connectivity index (χ4v) is 3.38. The summed E-state index contributed by atoms with van der Waals surface area (Å²) in [6.45, 7) is 2.73. The number of fused-ring (bicyclic) bond motifs is 1. The van der Waals surface area contributed by atoms with Gasteiger partial charge in [0.15, 0.2) is 0 Å². The van der Waals surface area contributed by atoms with Gasteiger partial charge < -0.3 is 20.1 Å². The summed E-state index contributed by atoms with van der Waals surface area (Å²) >= 11 is 0. The summed E-state index contributed by atoms with van der Waals surface area (Å²) in [7, 11) is 1.66. The van der Waals surface area contributed by atoms with Crippen molar-refractivity contribution < 1.29 is 14.3 Å². The van der Waals surface area contributed by atoms with Crippen molar-refractivity contribution in [2.45, 2.75) is 25.3 Å². The number of benzene rings is 1. The highest BCUT2D eigenvalue weighted by Crippen LogP contribution is 2.30. The normalized spacial score (nSPS) is 23.2. The minimum absolute atomic E-state index is 0.0333. The number of ether oxygens (including phenoxy) is 2. The second kappa shape index (κ2) is 6.67. The van der Waals surface area contributed by atoms with Crippen LogP contribution < -0.4 is 15.4 Å². The first kappa shape index (κ1) is 15.3. The van der Waals surface area contributed by atoms with E-state index in [2.05, 4.69) is 16.7 Å². The number of hydrogen-bond donors (Lipinski definition) is 2. The van der Waals surface area contributed by atoms with Gasteiger partial charge in [-0.15, -0.1) is 0 Å². The molecule has 1 amide bonds. The first-order chi connectivity index (χ1) is 10.7. The van der Waals surface area contributed by atoms with Gasteiger partial charge in [-0.3, -0.25) is 4.79 Å². The topological polar surface area (TPSA) is 59.6 Å². The van der Waals surface area contributed by atoms with E-state index < -0.39 is 5.41 Å². The van der Waals surface area contributed by atoms with Gasteiger partial charge in [-0.2, -0.15) is 0 Å². The third-order valence-corrected chi connectivity index (χ3v) is 4.68. The highest BCUT2D eigenvalue weighted by molar-refractivity contribution is 5.83. The van der Waals surface area contributed by atoms with Gasteiger partial charge in [-0.1, -0.05) is 18.2 Å². The Kier molecular flexibility index (Phi) is 4.64. The molecular formula is C17H24N2O3. The second-order valence-electron chi connectivity index (χ2n) is 6.26. The highest BCUT2D eigenvalue weighted by Gasteiger charge is 2.40. The molecule has 0 bridgehead atoms. The molecule has 3 rings (SSSR count). The van der Waals surface area contributed by atoms with Crippen LogP contribution in [0.1, 0.15) is 18.4 Å². The fourth-order valence-electron chi connectivity index (χ4n) is 3.38. The quantitative estimate of drug-likeness (QED) is 0.875. The molecule has 2 aliphatic heterocycles. The summed E-state index contributed by atoms with van der Waals surface area (Å²) < 4.78 is 11.1. The molecule has 0 saturated carbocycles. The van der Waals surface area contributed by atoms with Crippen molar-refractivity contribution in [2.75, 3.05) is 33.4 Å². The Labute approximate surface area is 131 Å². The number of para-hydroxylation sites is 1. The lowest BCUT2D eigenvalue weighted by Crippen LogP contribution is -2.54. The van der Waals surface area contributed by atoms with Crippen LogP contribution in [0.3, 0.4) is 0 Å². The molecule has 5 heteroatoms. The average Bonchev–Trinajstić information content (AvgIpc) is 2.56. The zero-order valence-electron chi connectivity index (χ0n) is 13.1. The van der Waals surface area contributed by atoms with Gasteiger partial charge in [-0.25, -0.2) is 0 Å². The van der Waals surface area contributed by atoms with Crippen molar-refractivity contribution in [2.24, 2.45) is 5.41 Å². The Morgan fingerprint density at radius 2 is 2.18 bits per heavy atom. The summed E-state index contributed by atoms with van der Waals surface area (Å²) in [5.41, 5.74) is 0.752. The first-order valence-electron chi connectivity index (χ1n) is 7.95. The molecule has 0 aromatic heterocycles. The lowest BCUT2D eigenvalue weighted by Gasteiger charge is -2.37. The van der Waals surface area contributed by atoms with Crippen LogP contribution in [0.2, 0.25) is 0 Å². The summed E-state index contributed by atoms with van der Waals surface area (Å²) in [5, 5.41) is 6.49. The predicted molar refractivity (Wildman–Crippen MR) is 84.0 cm³/mol. The first-order valence-corrected chi connectivity index (χ1v) is 7.95. The standard InChI is InChI=1S/C17H24N2O3/c1-21-12-17(6-8-18-9-7-17)16(20)19-14-10-13-4-2-3-5-15(13)22-11-14/h2-5,14,18H,6-12H2,1H3,(H,19,20). The molecule has 1 saturated heterocycles. The molecule has 2 heterocycles. The number of carbonyl (C=O) groups excluding carboxylic acids is 1. The maximum absolute atomic E-state index is 12.8. The van der Waals surface area contributed by atoms with Gasteiger partial charge in [0.05, 0.1) is 18.1 Å². The van der Waals surface area contributed by atoms with Gasteiger partial charge in [0.2, 0.25) is 5.91 Å². The van der Waals surface area contributed by atoms with Crippen LogP contribution >= 0.6 is 0 Å². The molecule has 1 aromatic rings. The molecule has 2 N–H and O–H groups in total. The predicted octanol–water partition coefficient (Wildman–Crippen LogP) is 1.12. The minimum atomic E-state index is -0.406. The van der Waals surface area contributed by atoms with E-state index in [1.165, 1.54) is 0 Å². The van der Waals surface area contributed by atoms with Crippen molar-refractivity contribution in [3.63, 3.8) is 0 Å². The number of carbonyl (C=O) groups is 1. The molecule has 0 radical (unpaired) electrons. The van der Waals surface area contributed by atoms with E-state index in [9.17, 15) is 4.79 Å². The SMILES string of the molecule is COCC1(C(=O)NC2COc3ccccc3C2)CCNCC1. The van der Waals surface area contributed by atoms with E-state index >= 15 is 0 Å². The highest BCUT2D eigenvalue weighted by atomic mass is 16.5. The summed E-state index contributed by atoms with van der Waals surface area (Å²) in [4.78, 5) is 12.8. The van der Waals surface area contributed by atoms with Gasteiger partial charge in [0.25, 0.3) is 0 Å². The van der Waals surface area contributed by atoms with Crippen molar-refractivity contribution in [3.8, 4) is 5.75 Å². The van der Waals surface area contributed by atoms with Gasteiger partial charge in [0, 0.05) is 7.11 Å². The Balaban J connectivity index is 1.66. The monoisotopic (exact) mass is 304 g/mol. The molecule has 2 aliphatic rings. The summed E-state index contributed by atoms with van der Waals surface area (Å²) in [6, 6.07) is 8.05. The van der Waals surface area contributed by atoms with Gasteiger partial charge in [0.1, 0.15) is 12.4 Å². The zero-order chi connectivity index (χ0) is 15.4. The van der Waals surface area contributed by atoms with Crippen molar-refractivity contribution in [1.29, 1.82) is 0 Å². The molecule has 120 valence electrons. The number of piperidine rings is 1. The van der Waals surface area contributed by atoms with Crippen molar-refractivity contribution in [3.05, 3.63) is 29.8 Å². The number of hydrogen-bond acceptors (Lipinski definition) is 4. The van der Waals surface area contributed by atoms with Crippen LogP contribution in [-0.4, -0.2) is 45.4 Å². The lowest BCUT2D eigenvalue weighted by molar-refractivity contribution is -0.137. The largest absolute Gasteiger partial charge is 0.491 e. The number of rotatable bonds is 4. The van der Waals surface area contributed by atoms with Crippen LogP contribution in [0.5, 0.6) is 5.75 Å². The number of methoxy groups -OCH3 is 1. The molecule has 22 heavy (non-hydrogen) atoms. The van der Waals surface area contributed by atoms with E-state index in [4.69, 9.17) is 9.47 Å². The number of nitrogens with one attached hydrogen (secondary N) is 2.